The van der Waals surface area contributed by atoms with Gasteiger partial charge in [0.05, 0.1) is 12.9 Å². The Bertz CT molecular complexity index is 869. The van der Waals surface area contributed by atoms with Gasteiger partial charge in [0.25, 0.3) is 5.91 Å². The van der Waals surface area contributed by atoms with Gasteiger partial charge in [0.1, 0.15) is 5.75 Å². The molecular formula is C18H20ClNO5S. The van der Waals surface area contributed by atoms with E-state index in [1.807, 2.05) is 0 Å². The van der Waals surface area contributed by atoms with Crippen molar-refractivity contribution in [2.24, 2.45) is 0 Å². The van der Waals surface area contributed by atoms with Crippen molar-refractivity contribution >= 4 is 27.6 Å². The fourth-order valence-corrected chi connectivity index (χ4v) is 2.99. The number of rotatable bonds is 8. The van der Waals surface area contributed by atoms with Crippen LogP contribution in [0, 0.1) is 0 Å². The van der Waals surface area contributed by atoms with E-state index in [0.717, 1.165) is 11.8 Å². The Morgan fingerprint density at radius 3 is 2.54 bits per heavy atom. The highest BCUT2D eigenvalue weighted by Gasteiger charge is 2.17. The van der Waals surface area contributed by atoms with Crippen LogP contribution in [-0.2, 0) is 21.4 Å². The lowest BCUT2D eigenvalue weighted by molar-refractivity contribution is 0.0680. The summed E-state index contributed by atoms with van der Waals surface area (Å²) in [6, 6.07) is 13.3. The van der Waals surface area contributed by atoms with Crippen molar-refractivity contribution in [3.05, 3.63) is 64.7 Å². The first-order valence-electron chi connectivity index (χ1n) is 7.80. The third-order valence-electron chi connectivity index (χ3n) is 3.44. The first-order chi connectivity index (χ1) is 12.3. The first kappa shape index (κ1) is 20.2. The molecule has 0 unspecified atom stereocenters. The Morgan fingerprint density at radius 1 is 1.15 bits per heavy atom. The molecule has 140 valence electrons. The molecule has 0 bridgehead atoms. The van der Waals surface area contributed by atoms with E-state index in [2.05, 4.69) is 0 Å². The maximum absolute atomic E-state index is 12.8. The van der Waals surface area contributed by atoms with Crippen molar-refractivity contribution in [1.82, 2.24) is 4.90 Å². The molecule has 2 aromatic rings. The molecule has 0 aliphatic carbocycles. The maximum atomic E-state index is 12.8. The quantitative estimate of drug-likeness (QED) is 0.640. The number of amides is 1. The molecule has 26 heavy (non-hydrogen) atoms. The molecule has 8 heteroatoms. The summed E-state index contributed by atoms with van der Waals surface area (Å²) in [6.07, 6.45) is 0.979. The Morgan fingerprint density at radius 2 is 1.88 bits per heavy atom. The predicted octanol–water partition coefficient (Wildman–Crippen LogP) is 2.97. The Labute approximate surface area is 158 Å². The summed E-state index contributed by atoms with van der Waals surface area (Å²) in [5.41, 5.74) is 1.20. The number of ether oxygens (including phenoxy) is 1. The van der Waals surface area contributed by atoms with Crippen LogP contribution in [-0.4, -0.2) is 45.7 Å². The first-order valence-corrected chi connectivity index (χ1v) is 10.00. The normalized spacial score (nSPS) is 11.2. The molecule has 6 nitrogen and oxygen atoms in total. The molecule has 2 rings (SSSR count). The summed E-state index contributed by atoms with van der Waals surface area (Å²) in [5, 5.41) is 0.478. The van der Waals surface area contributed by atoms with Crippen LogP contribution in [0.3, 0.4) is 0 Å². The third kappa shape index (κ3) is 6.33. The van der Waals surface area contributed by atoms with Crippen LogP contribution in [0.25, 0.3) is 0 Å². The van der Waals surface area contributed by atoms with Crippen LogP contribution >= 0.6 is 11.6 Å². The van der Waals surface area contributed by atoms with Crippen molar-refractivity contribution in [2.45, 2.75) is 6.54 Å². The molecule has 2 aromatic carbocycles. The van der Waals surface area contributed by atoms with Crippen LogP contribution < -0.4 is 4.18 Å². The van der Waals surface area contributed by atoms with E-state index in [1.165, 1.54) is 0 Å². The number of methoxy groups -OCH3 is 1. The van der Waals surface area contributed by atoms with Gasteiger partial charge >= 0.3 is 10.1 Å². The van der Waals surface area contributed by atoms with Gasteiger partial charge in [-0.05, 0) is 35.9 Å². The van der Waals surface area contributed by atoms with Gasteiger partial charge in [-0.2, -0.15) is 8.42 Å². The van der Waals surface area contributed by atoms with E-state index >= 15 is 0 Å². The van der Waals surface area contributed by atoms with E-state index in [-0.39, 0.29) is 18.2 Å². The maximum Gasteiger partial charge on any atom is 0.306 e. The van der Waals surface area contributed by atoms with Gasteiger partial charge in [0.2, 0.25) is 0 Å². The van der Waals surface area contributed by atoms with E-state index in [0.29, 0.717) is 23.7 Å². The largest absolute Gasteiger partial charge is 0.383 e. The highest BCUT2D eigenvalue weighted by Crippen LogP contribution is 2.18. The molecule has 0 aliphatic rings. The highest BCUT2D eigenvalue weighted by molar-refractivity contribution is 7.86. The molecule has 0 spiro atoms. The van der Waals surface area contributed by atoms with Crippen molar-refractivity contribution < 1.29 is 22.1 Å². The van der Waals surface area contributed by atoms with Gasteiger partial charge in [-0.3, -0.25) is 4.79 Å². The summed E-state index contributed by atoms with van der Waals surface area (Å²) in [7, 11) is -2.06. The summed E-state index contributed by atoms with van der Waals surface area (Å²) < 4.78 is 32.5. The lowest BCUT2D eigenvalue weighted by Gasteiger charge is -2.23. The average Bonchev–Trinajstić information content (AvgIpc) is 2.57. The monoisotopic (exact) mass is 397 g/mol. The van der Waals surface area contributed by atoms with Crippen molar-refractivity contribution in [1.29, 1.82) is 0 Å². The Balaban J connectivity index is 2.22. The van der Waals surface area contributed by atoms with Crippen LogP contribution in [0.1, 0.15) is 15.9 Å². The number of carbonyl (C=O) groups is 1. The summed E-state index contributed by atoms with van der Waals surface area (Å²) in [6.45, 7) is 1.01. The summed E-state index contributed by atoms with van der Waals surface area (Å²) in [4.78, 5) is 14.4. The van der Waals surface area contributed by atoms with Gasteiger partial charge < -0.3 is 13.8 Å². The SMILES string of the molecule is COCCN(Cc1cccc(OS(C)(=O)=O)c1)C(=O)c1cccc(Cl)c1. The number of benzene rings is 2. The van der Waals surface area contributed by atoms with Crippen molar-refractivity contribution in [2.75, 3.05) is 26.5 Å². The minimum atomic E-state index is -3.62. The average molecular weight is 398 g/mol. The third-order valence-corrected chi connectivity index (χ3v) is 4.17. The van der Waals surface area contributed by atoms with E-state index in [9.17, 15) is 13.2 Å². The number of carbonyl (C=O) groups excluding carboxylic acids is 1. The van der Waals surface area contributed by atoms with Gasteiger partial charge in [0.15, 0.2) is 0 Å². The topological polar surface area (TPSA) is 72.9 Å². The van der Waals surface area contributed by atoms with Crippen molar-refractivity contribution in [3.8, 4) is 5.75 Å². The lowest BCUT2D eigenvalue weighted by Crippen LogP contribution is -2.33. The van der Waals surface area contributed by atoms with Crippen molar-refractivity contribution in [3.63, 3.8) is 0 Å². The molecule has 0 aliphatic heterocycles. The van der Waals surface area contributed by atoms with Crippen LogP contribution in [0.4, 0.5) is 0 Å². The van der Waals surface area contributed by atoms with Crippen LogP contribution in [0.15, 0.2) is 48.5 Å². The fraction of sp³-hybridized carbons (Fsp3) is 0.278. The molecule has 1 amide bonds. The zero-order chi connectivity index (χ0) is 19.2. The lowest BCUT2D eigenvalue weighted by atomic mass is 10.1. The number of nitrogens with zero attached hydrogens (tertiary/aromatic N) is 1. The zero-order valence-corrected chi connectivity index (χ0v) is 16.1. The molecule has 0 saturated carbocycles. The molecule has 0 fully saturated rings. The molecule has 0 atom stereocenters. The molecule has 0 radical (unpaired) electrons. The molecule has 0 aromatic heterocycles. The van der Waals surface area contributed by atoms with E-state index in [1.54, 1.807) is 60.5 Å². The number of hydrogen-bond acceptors (Lipinski definition) is 5. The second kappa shape index (κ2) is 9.02. The second-order valence-corrected chi connectivity index (χ2v) is 7.68. The van der Waals surface area contributed by atoms with Gasteiger partial charge in [-0.1, -0.05) is 29.8 Å². The molecule has 0 saturated heterocycles. The highest BCUT2D eigenvalue weighted by atomic mass is 35.5. The number of halogens is 1. The molecule has 0 N–H and O–H groups in total. The van der Waals surface area contributed by atoms with Gasteiger partial charge in [-0.15, -0.1) is 0 Å². The van der Waals surface area contributed by atoms with Gasteiger partial charge in [-0.25, -0.2) is 0 Å². The number of hydrogen-bond donors (Lipinski definition) is 0. The molecule has 0 heterocycles. The molecular weight excluding hydrogens is 378 g/mol. The Hall–Kier alpha value is -2.09. The van der Waals surface area contributed by atoms with E-state index < -0.39 is 10.1 Å². The van der Waals surface area contributed by atoms with Crippen LogP contribution in [0.5, 0.6) is 5.75 Å². The Kier molecular flexibility index (Phi) is 7.02. The fourth-order valence-electron chi connectivity index (χ4n) is 2.35. The smallest absolute Gasteiger partial charge is 0.306 e. The minimum absolute atomic E-state index is 0.195. The minimum Gasteiger partial charge on any atom is -0.383 e. The predicted molar refractivity (Wildman–Crippen MR) is 100.0 cm³/mol. The van der Waals surface area contributed by atoms with Crippen LogP contribution in [0.2, 0.25) is 5.02 Å². The second-order valence-electron chi connectivity index (χ2n) is 5.66. The zero-order valence-electron chi connectivity index (χ0n) is 14.5. The standard InChI is InChI=1S/C18H20ClNO5S/c1-24-10-9-20(18(21)15-6-4-7-16(19)12-15)13-14-5-3-8-17(11-14)25-26(2,22)23/h3-8,11-12H,9-10,13H2,1-2H3. The van der Waals surface area contributed by atoms with E-state index in [4.69, 9.17) is 20.5 Å². The summed E-state index contributed by atoms with van der Waals surface area (Å²) >= 11 is 5.97. The van der Waals surface area contributed by atoms with Gasteiger partial charge in [0, 0.05) is 30.8 Å². The summed E-state index contributed by atoms with van der Waals surface area (Å²) in [5.74, 6) is 0.00544.